The molecule has 0 radical (unpaired) electrons. The van der Waals surface area contributed by atoms with Gasteiger partial charge in [0.05, 0.1) is 6.67 Å². The van der Waals surface area contributed by atoms with Crippen LogP contribution in [0.25, 0.3) is 5.69 Å². The summed E-state index contributed by atoms with van der Waals surface area (Å²) in [5, 5.41) is 4.46. The van der Waals surface area contributed by atoms with Crippen LogP contribution in [0.1, 0.15) is 35.7 Å². The number of nitrogens with zero attached hydrogens (tertiary/aromatic N) is 5. The van der Waals surface area contributed by atoms with Gasteiger partial charge in [0.1, 0.15) is 6.33 Å². The lowest BCUT2D eigenvalue weighted by atomic mass is 10.0. The average molecular weight is 422 g/mol. The quantitative estimate of drug-likeness (QED) is 0.586. The summed E-state index contributed by atoms with van der Waals surface area (Å²) >= 11 is 5.61. The Morgan fingerprint density at radius 1 is 1.00 bits per heavy atom. The second-order valence-electron chi connectivity index (χ2n) is 7.95. The van der Waals surface area contributed by atoms with Crippen LogP contribution in [0.4, 0.5) is 0 Å². The van der Waals surface area contributed by atoms with Crippen LogP contribution in [0.15, 0.2) is 60.9 Å². The van der Waals surface area contributed by atoms with Crippen molar-refractivity contribution in [3.8, 4) is 5.69 Å². The summed E-state index contributed by atoms with van der Waals surface area (Å²) in [7, 11) is 0. The number of aromatic nitrogens is 3. The zero-order valence-corrected chi connectivity index (χ0v) is 18.3. The molecule has 0 bridgehead atoms. The van der Waals surface area contributed by atoms with Gasteiger partial charge >= 0.3 is 0 Å². The summed E-state index contributed by atoms with van der Waals surface area (Å²) < 4.78 is 4.42. The molecule has 6 nitrogen and oxygen atoms in total. The summed E-state index contributed by atoms with van der Waals surface area (Å²) in [6.07, 6.45) is 1.76. The second-order valence-corrected chi connectivity index (χ2v) is 8.31. The molecule has 7 heteroatoms. The number of rotatable bonds is 5. The van der Waals surface area contributed by atoms with Crippen molar-refractivity contribution in [1.82, 2.24) is 24.1 Å². The molecule has 1 aliphatic heterocycles. The number of benzene rings is 2. The third-order valence-corrected chi connectivity index (χ3v) is 5.99. The lowest BCUT2D eigenvalue weighted by Crippen LogP contribution is -2.49. The zero-order valence-electron chi connectivity index (χ0n) is 17.4. The van der Waals surface area contributed by atoms with Crippen LogP contribution in [0.2, 0.25) is 0 Å². The monoisotopic (exact) mass is 421 g/mol. The minimum Gasteiger partial charge on any atom is -0.336 e. The predicted octanol–water partition coefficient (Wildman–Crippen LogP) is 3.94. The molecule has 3 aromatic rings. The minimum absolute atomic E-state index is 0.106. The van der Waals surface area contributed by atoms with E-state index in [2.05, 4.69) is 36.0 Å². The largest absolute Gasteiger partial charge is 0.336 e. The maximum Gasteiger partial charge on any atom is 0.253 e. The van der Waals surface area contributed by atoms with Crippen LogP contribution in [0.3, 0.4) is 0 Å². The highest BCUT2D eigenvalue weighted by molar-refractivity contribution is 7.71. The fourth-order valence-electron chi connectivity index (χ4n) is 3.67. The Kier molecular flexibility index (Phi) is 6.11. The summed E-state index contributed by atoms with van der Waals surface area (Å²) in [4.78, 5) is 17.0. The summed E-state index contributed by atoms with van der Waals surface area (Å²) in [5.41, 5.74) is 3.02. The van der Waals surface area contributed by atoms with Gasteiger partial charge in [-0.15, -0.1) is 0 Å². The first-order chi connectivity index (χ1) is 14.5. The maximum atomic E-state index is 12.8. The lowest BCUT2D eigenvalue weighted by molar-refractivity contribution is 0.0585. The molecule has 1 amide bonds. The van der Waals surface area contributed by atoms with Crippen molar-refractivity contribution < 1.29 is 4.79 Å². The van der Waals surface area contributed by atoms with E-state index in [1.165, 1.54) is 5.56 Å². The Hall–Kier alpha value is -2.77. The average Bonchev–Trinajstić information content (AvgIpc) is 3.14. The lowest BCUT2D eigenvalue weighted by Gasteiger charge is -2.34. The van der Waals surface area contributed by atoms with E-state index in [-0.39, 0.29) is 5.91 Å². The molecule has 0 unspecified atom stereocenters. The highest BCUT2D eigenvalue weighted by Gasteiger charge is 2.22. The van der Waals surface area contributed by atoms with Gasteiger partial charge in [-0.25, -0.2) is 4.68 Å². The third kappa shape index (κ3) is 4.37. The Labute approximate surface area is 182 Å². The minimum atomic E-state index is 0.106. The molecule has 0 aliphatic carbocycles. The number of piperazine rings is 1. The number of carbonyl (C=O) groups is 1. The van der Waals surface area contributed by atoms with Crippen molar-refractivity contribution in [2.75, 3.05) is 26.2 Å². The highest BCUT2D eigenvalue weighted by atomic mass is 32.1. The van der Waals surface area contributed by atoms with Gasteiger partial charge in [0, 0.05) is 37.4 Å². The standard InChI is InChI=1S/C23H27N5OS/c1-18(2)19-8-10-20(11-9-19)22(29)26-14-12-25(13-15-26)17-28-23(30)27(16-24-28)21-6-4-3-5-7-21/h3-11,16,18H,12-15,17H2,1-2H3. The van der Waals surface area contributed by atoms with Crippen molar-refractivity contribution >= 4 is 18.1 Å². The van der Waals surface area contributed by atoms with Gasteiger partial charge in [-0.05, 0) is 48.0 Å². The first-order valence-corrected chi connectivity index (χ1v) is 10.8. The number of amides is 1. The molecule has 2 heterocycles. The van der Waals surface area contributed by atoms with Gasteiger partial charge in [0.15, 0.2) is 0 Å². The van der Waals surface area contributed by atoms with Crippen LogP contribution in [0, 0.1) is 4.77 Å². The Morgan fingerprint density at radius 2 is 1.67 bits per heavy atom. The summed E-state index contributed by atoms with van der Waals surface area (Å²) in [5.74, 6) is 0.574. The summed E-state index contributed by atoms with van der Waals surface area (Å²) in [6, 6.07) is 18.0. The smallest absolute Gasteiger partial charge is 0.253 e. The first kappa shape index (κ1) is 20.5. The molecular formula is C23H27N5OS. The van der Waals surface area contributed by atoms with Crippen molar-refractivity contribution in [2.45, 2.75) is 26.4 Å². The van der Waals surface area contributed by atoms with Crippen molar-refractivity contribution in [2.24, 2.45) is 0 Å². The normalized spacial score (nSPS) is 15.0. The van der Waals surface area contributed by atoms with E-state index in [1.807, 2.05) is 56.6 Å². The van der Waals surface area contributed by atoms with E-state index < -0.39 is 0 Å². The molecule has 2 aromatic carbocycles. The molecule has 0 N–H and O–H groups in total. The van der Waals surface area contributed by atoms with Crippen molar-refractivity contribution in [3.63, 3.8) is 0 Å². The number of hydrogen-bond acceptors (Lipinski definition) is 4. The molecule has 0 saturated carbocycles. The van der Waals surface area contributed by atoms with E-state index in [0.29, 0.717) is 30.4 Å². The van der Waals surface area contributed by atoms with Gasteiger partial charge in [-0.2, -0.15) is 5.10 Å². The molecule has 1 saturated heterocycles. The number of para-hydroxylation sites is 1. The van der Waals surface area contributed by atoms with E-state index in [0.717, 1.165) is 24.3 Å². The molecule has 0 spiro atoms. The van der Waals surface area contributed by atoms with Gasteiger partial charge in [0.25, 0.3) is 5.91 Å². The topological polar surface area (TPSA) is 46.3 Å². The Morgan fingerprint density at radius 3 is 2.30 bits per heavy atom. The number of carbonyl (C=O) groups excluding carboxylic acids is 1. The highest BCUT2D eigenvalue weighted by Crippen LogP contribution is 2.17. The third-order valence-electron chi connectivity index (χ3n) is 5.59. The molecule has 0 atom stereocenters. The first-order valence-electron chi connectivity index (χ1n) is 10.3. The fourth-order valence-corrected chi connectivity index (χ4v) is 3.93. The molecule has 1 fully saturated rings. The van der Waals surface area contributed by atoms with Crippen LogP contribution in [-0.4, -0.2) is 56.2 Å². The van der Waals surface area contributed by atoms with Gasteiger partial charge < -0.3 is 4.90 Å². The van der Waals surface area contributed by atoms with Crippen molar-refractivity contribution in [3.05, 3.63) is 76.8 Å². The maximum absolute atomic E-state index is 12.8. The van der Waals surface area contributed by atoms with E-state index >= 15 is 0 Å². The van der Waals surface area contributed by atoms with E-state index in [9.17, 15) is 4.79 Å². The molecular weight excluding hydrogens is 394 g/mol. The van der Waals surface area contributed by atoms with E-state index in [1.54, 1.807) is 6.33 Å². The zero-order chi connectivity index (χ0) is 21.1. The SMILES string of the molecule is CC(C)c1ccc(C(=O)N2CCN(Cn3ncn(-c4ccccc4)c3=S)CC2)cc1. The van der Waals surface area contributed by atoms with Gasteiger partial charge in [0.2, 0.25) is 4.77 Å². The van der Waals surface area contributed by atoms with Crippen LogP contribution in [0.5, 0.6) is 0 Å². The van der Waals surface area contributed by atoms with Crippen molar-refractivity contribution in [1.29, 1.82) is 0 Å². The molecule has 1 aliphatic rings. The summed E-state index contributed by atoms with van der Waals surface area (Å²) in [6.45, 7) is 7.96. The molecule has 4 rings (SSSR count). The van der Waals surface area contributed by atoms with Gasteiger partial charge in [-0.3, -0.25) is 14.3 Å². The van der Waals surface area contributed by atoms with Crippen LogP contribution in [-0.2, 0) is 6.67 Å². The molecule has 156 valence electrons. The van der Waals surface area contributed by atoms with E-state index in [4.69, 9.17) is 12.2 Å². The van der Waals surface area contributed by atoms with Crippen LogP contribution < -0.4 is 0 Å². The molecule has 30 heavy (non-hydrogen) atoms. The Balaban J connectivity index is 1.35. The van der Waals surface area contributed by atoms with Gasteiger partial charge in [-0.1, -0.05) is 44.2 Å². The second kappa shape index (κ2) is 8.93. The number of hydrogen-bond donors (Lipinski definition) is 0. The fraction of sp³-hybridized carbons (Fsp3) is 0.348. The predicted molar refractivity (Wildman–Crippen MR) is 120 cm³/mol. The van der Waals surface area contributed by atoms with Crippen LogP contribution >= 0.6 is 12.2 Å². The Bertz CT molecular complexity index is 1050. The molecule has 1 aromatic heterocycles.